The summed E-state index contributed by atoms with van der Waals surface area (Å²) in [6, 6.07) is 10.7. The van der Waals surface area contributed by atoms with E-state index in [1.165, 1.54) is 12.1 Å². The number of alkyl halides is 3. The van der Waals surface area contributed by atoms with Gasteiger partial charge in [-0.1, -0.05) is 18.2 Å². The maximum Gasteiger partial charge on any atom is 0.416 e. The summed E-state index contributed by atoms with van der Waals surface area (Å²) in [6.07, 6.45) is -4.77. The zero-order chi connectivity index (χ0) is 19.6. The van der Waals surface area contributed by atoms with Crippen molar-refractivity contribution in [3.63, 3.8) is 0 Å². The van der Waals surface area contributed by atoms with Crippen LogP contribution in [-0.2, 0) is 17.5 Å². The standard InChI is InChI=1S/C18H14F3N3O3/c19-18(20,21)11-4-3-5-12(10-11)22-15(25)8-9-24-16(26)13-6-1-2-7-14(13)23-17(24)27/h1-7,10H,8-9H2,(H,22,25)(H,23,27). The first kappa shape index (κ1) is 18.4. The highest BCUT2D eigenvalue weighted by molar-refractivity contribution is 5.90. The predicted octanol–water partition coefficient (Wildman–Crippen LogP) is 2.74. The van der Waals surface area contributed by atoms with Gasteiger partial charge in [0.2, 0.25) is 5.91 Å². The molecule has 1 heterocycles. The normalized spacial score (nSPS) is 11.5. The van der Waals surface area contributed by atoms with Crippen LogP contribution in [0.2, 0.25) is 0 Å². The summed E-state index contributed by atoms with van der Waals surface area (Å²) >= 11 is 0. The fourth-order valence-electron chi connectivity index (χ4n) is 2.61. The number of aromatic nitrogens is 2. The minimum atomic E-state index is -4.52. The monoisotopic (exact) mass is 377 g/mol. The zero-order valence-corrected chi connectivity index (χ0v) is 13.8. The van der Waals surface area contributed by atoms with Crippen LogP contribution in [0, 0.1) is 0 Å². The molecule has 6 nitrogen and oxygen atoms in total. The molecule has 0 saturated heterocycles. The number of fused-ring (bicyclic) bond motifs is 1. The molecule has 1 amide bonds. The Bertz CT molecular complexity index is 1120. The Kier molecular flexibility index (Phi) is 4.85. The molecule has 9 heteroatoms. The van der Waals surface area contributed by atoms with E-state index in [4.69, 9.17) is 0 Å². The molecule has 3 aromatic rings. The third-order valence-electron chi connectivity index (χ3n) is 3.93. The van der Waals surface area contributed by atoms with E-state index in [0.717, 1.165) is 16.7 Å². The summed E-state index contributed by atoms with van der Waals surface area (Å²) in [7, 11) is 0. The van der Waals surface area contributed by atoms with Crippen LogP contribution in [0.3, 0.4) is 0 Å². The number of para-hydroxylation sites is 1. The number of hydrogen-bond donors (Lipinski definition) is 2. The van der Waals surface area contributed by atoms with Crippen LogP contribution in [-0.4, -0.2) is 15.5 Å². The third kappa shape index (κ3) is 4.08. The number of amides is 1. The summed E-state index contributed by atoms with van der Waals surface area (Å²) in [5.74, 6) is -0.617. The number of anilines is 1. The number of H-pyrrole nitrogens is 1. The van der Waals surface area contributed by atoms with Crippen LogP contribution in [0.25, 0.3) is 10.9 Å². The van der Waals surface area contributed by atoms with E-state index in [-0.39, 0.29) is 18.7 Å². The Morgan fingerprint density at radius 1 is 1.07 bits per heavy atom. The number of benzene rings is 2. The lowest BCUT2D eigenvalue weighted by Gasteiger charge is -2.10. The van der Waals surface area contributed by atoms with Gasteiger partial charge in [0.25, 0.3) is 5.56 Å². The molecule has 0 bridgehead atoms. The summed E-state index contributed by atoms with van der Waals surface area (Å²) in [6.45, 7) is -0.205. The predicted molar refractivity (Wildman–Crippen MR) is 93.5 cm³/mol. The van der Waals surface area contributed by atoms with Gasteiger partial charge in [-0.3, -0.25) is 14.2 Å². The van der Waals surface area contributed by atoms with Crippen LogP contribution < -0.4 is 16.6 Å². The summed E-state index contributed by atoms with van der Waals surface area (Å²) in [5.41, 5.74) is -1.72. The molecule has 0 atom stereocenters. The number of carbonyl (C=O) groups is 1. The van der Waals surface area contributed by atoms with Gasteiger partial charge in [-0.25, -0.2) is 4.79 Å². The first-order valence-electron chi connectivity index (χ1n) is 7.95. The molecule has 0 fully saturated rings. The first-order chi connectivity index (χ1) is 12.8. The van der Waals surface area contributed by atoms with Crippen LogP contribution in [0.4, 0.5) is 18.9 Å². The molecule has 2 aromatic carbocycles. The third-order valence-corrected chi connectivity index (χ3v) is 3.93. The van der Waals surface area contributed by atoms with Crippen molar-refractivity contribution in [3.8, 4) is 0 Å². The smallest absolute Gasteiger partial charge is 0.326 e. The average Bonchev–Trinajstić information content (AvgIpc) is 2.61. The van der Waals surface area contributed by atoms with Gasteiger partial charge in [-0.2, -0.15) is 13.2 Å². The maximum atomic E-state index is 12.7. The Morgan fingerprint density at radius 3 is 2.56 bits per heavy atom. The quantitative estimate of drug-likeness (QED) is 0.733. The molecule has 0 aliphatic rings. The molecule has 3 rings (SSSR count). The molecule has 0 saturated carbocycles. The molecule has 1 aromatic heterocycles. The van der Waals surface area contributed by atoms with E-state index in [0.29, 0.717) is 10.9 Å². The molecule has 0 aliphatic heterocycles. The van der Waals surface area contributed by atoms with Crippen LogP contribution in [0.15, 0.2) is 58.1 Å². The minimum Gasteiger partial charge on any atom is -0.326 e. The molecular weight excluding hydrogens is 363 g/mol. The van der Waals surface area contributed by atoms with E-state index in [9.17, 15) is 27.6 Å². The lowest BCUT2D eigenvalue weighted by molar-refractivity contribution is -0.137. The lowest BCUT2D eigenvalue weighted by Crippen LogP contribution is -2.36. The van der Waals surface area contributed by atoms with Gasteiger partial charge in [-0.05, 0) is 30.3 Å². The number of carbonyl (C=O) groups excluding carboxylic acids is 1. The highest BCUT2D eigenvalue weighted by atomic mass is 19.4. The molecule has 140 valence electrons. The number of halogens is 3. The molecule has 0 radical (unpaired) electrons. The van der Waals surface area contributed by atoms with Crippen molar-refractivity contribution in [1.29, 1.82) is 0 Å². The second-order valence-electron chi connectivity index (χ2n) is 5.81. The topological polar surface area (TPSA) is 84.0 Å². The van der Waals surface area contributed by atoms with Crippen molar-refractivity contribution in [3.05, 3.63) is 74.9 Å². The highest BCUT2D eigenvalue weighted by Gasteiger charge is 2.30. The van der Waals surface area contributed by atoms with Crippen LogP contribution in [0.5, 0.6) is 0 Å². The van der Waals surface area contributed by atoms with Gasteiger partial charge >= 0.3 is 11.9 Å². The van der Waals surface area contributed by atoms with E-state index in [1.54, 1.807) is 24.3 Å². The highest BCUT2D eigenvalue weighted by Crippen LogP contribution is 2.30. The summed E-state index contributed by atoms with van der Waals surface area (Å²) in [5, 5.41) is 2.64. The van der Waals surface area contributed by atoms with E-state index in [1.807, 2.05) is 0 Å². The molecule has 0 spiro atoms. The zero-order valence-electron chi connectivity index (χ0n) is 13.8. The summed E-state index contributed by atoms with van der Waals surface area (Å²) < 4.78 is 39.0. The summed E-state index contributed by atoms with van der Waals surface area (Å²) in [4.78, 5) is 39.0. The van der Waals surface area contributed by atoms with Gasteiger partial charge in [0, 0.05) is 18.7 Å². The van der Waals surface area contributed by atoms with E-state index in [2.05, 4.69) is 10.3 Å². The average molecular weight is 377 g/mol. The van der Waals surface area contributed by atoms with Gasteiger partial charge in [-0.15, -0.1) is 0 Å². The maximum absolute atomic E-state index is 12.7. The molecular formula is C18H14F3N3O3. The van der Waals surface area contributed by atoms with Crippen molar-refractivity contribution in [1.82, 2.24) is 9.55 Å². The Balaban J connectivity index is 1.74. The minimum absolute atomic E-state index is 0.0189. The Hall–Kier alpha value is -3.36. The molecule has 27 heavy (non-hydrogen) atoms. The number of aromatic amines is 1. The van der Waals surface area contributed by atoms with Gasteiger partial charge in [0.05, 0.1) is 16.5 Å². The fourth-order valence-corrected chi connectivity index (χ4v) is 2.61. The second-order valence-corrected chi connectivity index (χ2v) is 5.81. The molecule has 2 N–H and O–H groups in total. The lowest BCUT2D eigenvalue weighted by atomic mass is 10.2. The number of rotatable bonds is 4. The van der Waals surface area contributed by atoms with Crippen molar-refractivity contribution in [2.24, 2.45) is 0 Å². The van der Waals surface area contributed by atoms with E-state index < -0.39 is 28.9 Å². The van der Waals surface area contributed by atoms with E-state index >= 15 is 0 Å². The number of nitrogens with zero attached hydrogens (tertiary/aromatic N) is 1. The first-order valence-corrected chi connectivity index (χ1v) is 7.95. The number of nitrogens with one attached hydrogen (secondary N) is 2. The fraction of sp³-hybridized carbons (Fsp3) is 0.167. The van der Waals surface area contributed by atoms with Crippen LogP contribution >= 0.6 is 0 Å². The molecule has 0 aliphatic carbocycles. The van der Waals surface area contributed by atoms with Crippen molar-refractivity contribution in [2.75, 3.05) is 5.32 Å². The van der Waals surface area contributed by atoms with Crippen LogP contribution in [0.1, 0.15) is 12.0 Å². The van der Waals surface area contributed by atoms with Gasteiger partial charge in [0.1, 0.15) is 0 Å². The Morgan fingerprint density at radius 2 is 1.81 bits per heavy atom. The Labute approximate surface area is 150 Å². The largest absolute Gasteiger partial charge is 0.416 e. The second kappa shape index (κ2) is 7.10. The van der Waals surface area contributed by atoms with Gasteiger partial charge < -0.3 is 10.3 Å². The van der Waals surface area contributed by atoms with Gasteiger partial charge in [0.15, 0.2) is 0 Å². The number of hydrogen-bond acceptors (Lipinski definition) is 3. The van der Waals surface area contributed by atoms with Crippen molar-refractivity contribution >= 4 is 22.5 Å². The SMILES string of the molecule is O=C(CCn1c(=O)[nH]c2ccccc2c1=O)Nc1cccc(C(F)(F)F)c1. The molecule has 0 unspecified atom stereocenters. The van der Waals surface area contributed by atoms with Crippen molar-refractivity contribution < 1.29 is 18.0 Å². The van der Waals surface area contributed by atoms with Crippen molar-refractivity contribution in [2.45, 2.75) is 19.1 Å².